The normalized spacial score (nSPS) is 19.7. The molecule has 1 aromatic heterocycles. The molecule has 2 amide bonds. The van der Waals surface area contributed by atoms with E-state index in [2.05, 4.69) is 10.6 Å². The number of aromatic nitrogens is 1. The zero-order valence-electron chi connectivity index (χ0n) is 21.9. The molecule has 2 atom stereocenters. The Morgan fingerprint density at radius 2 is 1.84 bits per heavy atom. The minimum atomic E-state index is -1.42. The average molecular weight is 517 g/mol. The van der Waals surface area contributed by atoms with E-state index in [4.69, 9.17) is 4.74 Å². The third-order valence-electron chi connectivity index (χ3n) is 6.73. The van der Waals surface area contributed by atoms with Gasteiger partial charge in [0.15, 0.2) is 5.82 Å². The molecule has 37 heavy (non-hydrogen) atoms. The number of amides is 2. The van der Waals surface area contributed by atoms with Gasteiger partial charge in [0, 0.05) is 32.3 Å². The van der Waals surface area contributed by atoms with Gasteiger partial charge >= 0.3 is 12.1 Å². The van der Waals surface area contributed by atoms with Crippen LogP contribution < -0.4 is 21.0 Å². The molecular weight excluding hydrogens is 483 g/mol. The minimum absolute atomic E-state index is 0.0255. The van der Waals surface area contributed by atoms with Crippen LogP contribution in [0, 0.1) is 18.7 Å². The summed E-state index contributed by atoms with van der Waals surface area (Å²) in [6.07, 6.45) is 2.34. The van der Waals surface area contributed by atoms with Gasteiger partial charge in [-0.15, -0.1) is 0 Å². The molecule has 2 heterocycles. The van der Waals surface area contributed by atoms with Crippen molar-refractivity contribution >= 4 is 40.2 Å². The van der Waals surface area contributed by atoms with E-state index in [9.17, 15) is 24.3 Å². The largest absolute Gasteiger partial charge is 0.477 e. The predicted molar refractivity (Wildman–Crippen MR) is 137 cm³/mol. The molecule has 10 nitrogen and oxygen atoms in total. The van der Waals surface area contributed by atoms with Crippen LogP contribution in [-0.2, 0) is 9.53 Å². The smallest absolute Gasteiger partial charge is 0.407 e. The summed E-state index contributed by atoms with van der Waals surface area (Å²) in [5.74, 6) is -2.87. The van der Waals surface area contributed by atoms with E-state index in [1.807, 2.05) is 6.92 Å². The SMILES string of the molecule is CC(=O)Nc1c(F)c(N2CC(C)C(NC(=O)OC(C)(C)C)C2)c(C)c2c1c(=O)c(C(=O)O)cn2C1CC1. The standard InChI is InChI=1S/C26H33FN4O6/c1-12-9-30(11-17(12)29-25(36)37-26(4,5)6)22-13(2)21-18(20(19(22)27)28-14(3)32)23(33)16(24(34)35)10-31(21)15-7-8-15/h10,12,15,17H,7-9,11H2,1-6H3,(H,28,32)(H,29,36)(H,34,35). The number of carboxylic acid groups (broad SMARTS) is 1. The Hall–Kier alpha value is -3.63. The van der Waals surface area contributed by atoms with Crippen LogP contribution in [0.15, 0.2) is 11.0 Å². The first-order valence-electron chi connectivity index (χ1n) is 12.4. The van der Waals surface area contributed by atoms with E-state index in [1.54, 1.807) is 37.2 Å². The number of alkyl carbamates (subject to hydrolysis) is 1. The van der Waals surface area contributed by atoms with Crippen molar-refractivity contribution in [1.29, 1.82) is 0 Å². The third kappa shape index (κ3) is 5.12. The van der Waals surface area contributed by atoms with Crippen LogP contribution in [0.1, 0.15) is 69.4 Å². The summed E-state index contributed by atoms with van der Waals surface area (Å²) >= 11 is 0. The summed E-state index contributed by atoms with van der Waals surface area (Å²) < 4.78 is 23.3. The summed E-state index contributed by atoms with van der Waals surface area (Å²) in [5, 5.41) is 14.8. The number of fused-ring (bicyclic) bond motifs is 1. The van der Waals surface area contributed by atoms with Gasteiger partial charge < -0.3 is 29.9 Å². The number of nitrogens with zero attached hydrogens (tertiary/aromatic N) is 2. The van der Waals surface area contributed by atoms with Gasteiger partial charge in [-0.25, -0.2) is 14.0 Å². The third-order valence-corrected chi connectivity index (χ3v) is 6.73. The second kappa shape index (κ2) is 9.35. The van der Waals surface area contributed by atoms with Gasteiger partial charge in [-0.3, -0.25) is 9.59 Å². The van der Waals surface area contributed by atoms with Crippen LogP contribution in [-0.4, -0.2) is 52.4 Å². The van der Waals surface area contributed by atoms with Crippen LogP contribution in [0.5, 0.6) is 0 Å². The summed E-state index contributed by atoms with van der Waals surface area (Å²) in [4.78, 5) is 51.3. The zero-order chi connectivity index (χ0) is 27.4. The fourth-order valence-electron chi connectivity index (χ4n) is 5.01. The number of halogens is 1. The quantitative estimate of drug-likeness (QED) is 0.551. The highest BCUT2D eigenvalue weighted by Crippen LogP contribution is 2.43. The highest BCUT2D eigenvalue weighted by Gasteiger charge is 2.37. The Balaban J connectivity index is 1.87. The molecule has 1 aromatic carbocycles. The van der Waals surface area contributed by atoms with Crippen LogP contribution in [0.4, 0.5) is 20.6 Å². The molecule has 1 aliphatic carbocycles. The molecule has 2 aliphatic rings. The molecule has 11 heteroatoms. The summed E-state index contributed by atoms with van der Waals surface area (Å²) in [5.41, 5.74) is -1.26. The molecule has 200 valence electrons. The lowest BCUT2D eigenvalue weighted by Crippen LogP contribution is -2.42. The van der Waals surface area contributed by atoms with E-state index in [1.165, 1.54) is 13.1 Å². The number of pyridine rings is 1. The van der Waals surface area contributed by atoms with E-state index in [0.717, 1.165) is 12.8 Å². The monoisotopic (exact) mass is 516 g/mol. The van der Waals surface area contributed by atoms with Gasteiger partial charge in [0.1, 0.15) is 11.2 Å². The van der Waals surface area contributed by atoms with Crippen molar-refractivity contribution in [2.75, 3.05) is 23.3 Å². The van der Waals surface area contributed by atoms with Crippen molar-refractivity contribution in [1.82, 2.24) is 9.88 Å². The predicted octanol–water partition coefficient (Wildman–Crippen LogP) is 3.79. The van der Waals surface area contributed by atoms with Gasteiger partial charge in [-0.05, 0) is 52.0 Å². The zero-order valence-corrected chi connectivity index (χ0v) is 21.9. The number of hydrogen-bond donors (Lipinski definition) is 3. The van der Waals surface area contributed by atoms with Crippen molar-refractivity contribution in [3.8, 4) is 0 Å². The Bertz CT molecular complexity index is 1360. The molecule has 1 saturated carbocycles. The highest BCUT2D eigenvalue weighted by molar-refractivity contribution is 6.06. The summed E-state index contributed by atoms with van der Waals surface area (Å²) in [6.45, 7) is 10.8. The second-order valence-corrected chi connectivity index (χ2v) is 11.0. The molecule has 0 spiro atoms. The van der Waals surface area contributed by atoms with Crippen LogP contribution in [0.25, 0.3) is 10.9 Å². The maximum Gasteiger partial charge on any atom is 0.407 e. The number of nitrogens with one attached hydrogen (secondary N) is 2. The summed E-state index contributed by atoms with van der Waals surface area (Å²) in [6, 6.07) is -0.351. The first-order chi connectivity index (χ1) is 17.2. The molecule has 0 radical (unpaired) electrons. The average Bonchev–Trinajstić information content (AvgIpc) is 3.53. The van der Waals surface area contributed by atoms with Crippen LogP contribution in [0.2, 0.25) is 0 Å². The van der Waals surface area contributed by atoms with Crippen molar-refractivity contribution in [2.24, 2.45) is 5.92 Å². The van der Waals surface area contributed by atoms with Crippen LogP contribution >= 0.6 is 0 Å². The van der Waals surface area contributed by atoms with Crippen molar-refractivity contribution in [2.45, 2.75) is 72.1 Å². The van der Waals surface area contributed by atoms with Gasteiger partial charge in [0.05, 0.1) is 28.3 Å². The maximum absolute atomic E-state index is 16.2. The fourth-order valence-corrected chi connectivity index (χ4v) is 5.01. The molecule has 1 aliphatic heterocycles. The van der Waals surface area contributed by atoms with E-state index >= 15 is 4.39 Å². The first-order valence-corrected chi connectivity index (χ1v) is 12.4. The Morgan fingerprint density at radius 3 is 2.38 bits per heavy atom. The minimum Gasteiger partial charge on any atom is -0.477 e. The van der Waals surface area contributed by atoms with Crippen molar-refractivity contribution in [3.63, 3.8) is 0 Å². The number of rotatable bonds is 5. The highest BCUT2D eigenvalue weighted by atomic mass is 19.1. The number of benzene rings is 1. The topological polar surface area (TPSA) is 130 Å². The van der Waals surface area contributed by atoms with E-state index in [-0.39, 0.29) is 41.3 Å². The first kappa shape index (κ1) is 26.4. The summed E-state index contributed by atoms with van der Waals surface area (Å²) in [7, 11) is 0. The van der Waals surface area contributed by atoms with Gasteiger partial charge in [0.25, 0.3) is 0 Å². The fraction of sp³-hybridized carbons (Fsp3) is 0.538. The van der Waals surface area contributed by atoms with Gasteiger partial charge in [-0.2, -0.15) is 0 Å². The number of carbonyl (C=O) groups excluding carboxylic acids is 2. The number of aryl methyl sites for hydroxylation is 1. The molecule has 0 bridgehead atoms. The molecule has 2 fully saturated rings. The number of anilines is 2. The van der Waals surface area contributed by atoms with Crippen molar-refractivity contribution < 1.29 is 28.6 Å². The Kier molecular flexibility index (Phi) is 6.68. The van der Waals surface area contributed by atoms with Crippen LogP contribution in [0.3, 0.4) is 0 Å². The molecule has 2 aromatic rings. The molecule has 4 rings (SSSR count). The number of aromatic carboxylic acids is 1. The van der Waals surface area contributed by atoms with Crippen molar-refractivity contribution in [3.05, 3.63) is 33.4 Å². The molecular formula is C26H33FN4O6. The maximum atomic E-state index is 16.2. The lowest BCUT2D eigenvalue weighted by Gasteiger charge is -2.26. The number of hydrogen-bond acceptors (Lipinski definition) is 6. The number of carbonyl (C=O) groups is 3. The lowest BCUT2D eigenvalue weighted by atomic mass is 10.0. The van der Waals surface area contributed by atoms with E-state index in [0.29, 0.717) is 17.6 Å². The molecule has 1 saturated heterocycles. The number of carboxylic acids is 1. The van der Waals surface area contributed by atoms with Gasteiger partial charge in [-0.1, -0.05) is 6.92 Å². The second-order valence-electron chi connectivity index (χ2n) is 11.0. The number of ether oxygens (including phenoxy) is 1. The molecule has 3 N–H and O–H groups in total. The lowest BCUT2D eigenvalue weighted by molar-refractivity contribution is -0.114. The Morgan fingerprint density at radius 1 is 1.19 bits per heavy atom. The van der Waals surface area contributed by atoms with Gasteiger partial charge in [0.2, 0.25) is 11.3 Å². The van der Waals surface area contributed by atoms with E-state index < -0.39 is 40.4 Å². The Labute approximate surface area is 213 Å². The molecule has 2 unspecified atom stereocenters.